The monoisotopic (exact) mass is 275 g/mol. The molecule has 1 fully saturated rings. The molecule has 2 amide bonds. The van der Waals surface area contributed by atoms with E-state index in [-0.39, 0.29) is 11.8 Å². The van der Waals surface area contributed by atoms with Crippen LogP contribution in [0.3, 0.4) is 0 Å². The molecule has 0 spiro atoms. The van der Waals surface area contributed by atoms with Crippen molar-refractivity contribution in [3.8, 4) is 0 Å². The summed E-state index contributed by atoms with van der Waals surface area (Å²) in [5.41, 5.74) is 1.96. The predicted octanol–water partition coefficient (Wildman–Crippen LogP) is 2.36. The van der Waals surface area contributed by atoms with Gasteiger partial charge in [-0.1, -0.05) is 13.0 Å². The number of hydrogen-bond donors (Lipinski definition) is 3. The van der Waals surface area contributed by atoms with Crippen molar-refractivity contribution in [3.63, 3.8) is 0 Å². The molecule has 0 radical (unpaired) electrons. The van der Waals surface area contributed by atoms with E-state index >= 15 is 0 Å². The van der Waals surface area contributed by atoms with Crippen LogP contribution in [-0.4, -0.2) is 24.9 Å². The summed E-state index contributed by atoms with van der Waals surface area (Å²) in [6, 6.07) is 5.77. The summed E-state index contributed by atoms with van der Waals surface area (Å²) < 4.78 is 0. The summed E-state index contributed by atoms with van der Waals surface area (Å²) in [4.78, 5) is 23.7. The van der Waals surface area contributed by atoms with Crippen molar-refractivity contribution >= 4 is 23.2 Å². The second kappa shape index (κ2) is 6.41. The van der Waals surface area contributed by atoms with E-state index in [2.05, 4.69) is 16.0 Å². The highest BCUT2D eigenvalue weighted by molar-refractivity contribution is 6.05. The van der Waals surface area contributed by atoms with Crippen molar-refractivity contribution in [1.82, 2.24) is 5.32 Å². The van der Waals surface area contributed by atoms with Crippen LogP contribution < -0.4 is 16.0 Å². The maximum Gasteiger partial charge on any atom is 0.253 e. The normalized spacial score (nSPS) is 13.7. The fourth-order valence-corrected chi connectivity index (χ4v) is 2.01. The van der Waals surface area contributed by atoms with Crippen molar-refractivity contribution < 1.29 is 9.59 Å². The van der Waals surface area contributed by atoms with Crippen LogP contribution in [0.4, 0.5) is 11.4 Å². The van der Waals surface area contributed by atoms with Crippen LogP contribution in [-0.2, 0) is 4.79 Å². The molecule has 20 heavy (non-hydrogen) atoms. The van der Waals surface area contributed by atoms with Gasteiger partial charge in [0, 0.05) is 19.5 Å². The van der Waals surface area contributed by atoms with E-state index in [1.54, 1.807) is 19.2 Å². The Morgan fingerprint density at radius 2 is 2.05 bits per heavy atom. The number of rotatable bonds is 6. The van der Waals surface area contributed by atoms with Gasteiger partial charge < -0.3 is 16.0 Å². The minimum Gasteiger partial charge on any atom is -0.380 e. The fourth-order valence-electron chi connectivity index (χ4n) is 2.01. The lowest BCUT2D eigenvalue weighted by Gasteiger charge is -2.16. The van der Waals surface area contributed by atoms with Crippen LogP contribution in [0.25, 0.3) is 0 Å². The molecule has 0 heterocycles. The van der Waals surface area contributed by atoms with E-state index in [0.29, 0.717) is 23.7 Å². The molecule has 0 aliphatic heterocycles. The first-order valence-electron chi connectivity index (χ1n) is 7.07. The van der Waals surface area contributed by atoms with Crippen molar-refractivity contribution in [2.24, 2.45) is 0 Å². The predicted molar refractivity (Wildman–Crippen MR) is 80.0 cm³/mol. The molecule has 0 saturated heterocycles. The molecule has 1 aromatic carbocycles. The van der Waals surface area contributed by atoms with E-state index in [1.807, 2.05) is 13.0 Å². The summed E-state index contributed by atoms with van der Waals surface area (Å²) in [5.74, 6) is -0.180. The summed E-state index contributed by atoms with van der Waals surface area (Å²) in [6.45, 7) is 1.96. The molecule has 2 rings (SSSR count). The second-order valence-electron chi connectivity index (χ2n) is 5.02. The quantitative estimate of drug-likeness (QED) is 0.746. The third-order valence-electron chi connectivity index (χ3n) is 3.21. The van der Waals surface area contributed by atoms with Gasteiger partial charge in [0.15, 0.2) is 0 Å². The Labute approximate surface area is 119 Å². The zero-order valence-corrected chi connectivity index (χ0v) is 12.0. The van der Waals surface area contributed by atoms with Crippen LogP contribution in [0.1, 0.15) is 43.0 Å². The summed E-state index contributed by atoms with van der Waals surface area (Å²) in [7, 11) is 1.60. The first-order valence-corrected chi connectivity index (χ1v) is 7.07. The van der Waals surface area contributed by atoms with Crippen LogP contribution in [0, 0.1) is 0 Å². The van der Waals surface area contributed by atoms with Crippen molar-refractivity contribution in [2.75, 3.05) is 17.7 Å². The Kier molecular flexibility index (Phi) is 4.61. The van der Waals surface area contributed by atoms with Crippen molar-refractivity contribution in [2.45, 2.75) is 38.6 Å². The molecule has 0 aromatic heterocycles. The average molecular weight is 275 g/mol. The maximum absolute atomic E-state index is 11.9. The smallest absolute Gasteiger partial charge is 0.253 e. The third-order valence-corrected chi connectivity index (χ3v) is 3.21. The highest BCUT2D eigenvalue weighted by Crippen LogP contribution is 2.32. The minimum absolute atomic E-state index is 0.0274. The molecule has 0 atom stereocenters. The number of carbonyl (C=O) groups is 2. The van der Waals surface area contributed by atoms with Gasteiger partial charge in [-0.25, -0.2) is 0 Å². The zero-order valence-electron chi connectivity index (χ0n) is 12.0. The molecule has 108 valence electrons. The molecule has 3 N–H and O–H groups in total. The standard InChI is InChI=1S/C15H21N3O2/c1-3-5-13(19)18-12-7-4-6-11(15(20)16-2)14(12)17-10-8-9-10/h4,6-7,10,17H,3,5,8-9H2,1-2H3,(H,16,20)(H,18,19). The largest absolute Gasteiger partial charge is 0.380 e. The molecule has 1 aliphatic carbocycles. The van der Waals surface area contributed by atoms with Crippen molar-refractivity contribution in [3.05, 3.63) is 23.8 Å². The lowest BCUT2D eigenvalue weighted by Crippen LogP contribution is -2.21. The highest BCUT2D eigenvalue weighted by atomic mass is 16.2. The highest BCUT2D eigenvalue weighted by Gasteiger charge is 2.25. The molecule has 0 unspecified atom stereocenters. The van der Waals surface area contributed by atoms with Gasteiger partial charge in [0.2, 0.25) is 5.91 Å². The van der Waals surface area contributed by atoms with Gasteiger partial charge in [-0.2, -0.15) is 0 Å². The SMILES string of the molecule is CCCC(=O)Nc1cccc(C(=O)NC)c1NC1CC1. The van der Waals surface area contributed by atoms with Crippen LogP contribution in [0.15, 0.2) is 18.2 Å². The molecule has 0 bridgehead atoms. The second-order valence-corrected chi connectivity index (χ2v) is 5.02. The average Bonchev–Trinajstić information content (AvgIpc) is 3.24. The Hall–Kier alpha value is -2.04. The van der Waals surface area contributed by atoms with Gasteiger partial charge in [-0.15, -0.1) is 0 Å². The van der Waals surface area contributed by atoms with Gasteiger partial charge in [0.25, 0.3) is 5.91 Å². The molecular weight excluding hydrogens is 254 g/mol. The molecule has 1 saturated carbocycles. The van der Waals surface area contributed by atoms with Gasteiger partial charge in [0.1, 0.15) is 0 Å². The summed E-state index contributed by atoms with van der Waals surface area (Å²) >= 11 is 0. The first kappa shape index (κ1) is 14.4. The molecule has 5 nitrogen and oxygen atoms in total. The number of benzene rings is 1. The zero-order chi connectivity index (χ0) is 14.5. The van der Waals surface area contributed by atoms with Crippen LogP contribution >= 0.6 is 0 Å². The molecule has 1 aliphatic rings. The van der Waals surface area contributed by atoms with Gasteiger partial charge in [-0.3, -0.25) is 9.59 Å². The Morgan fingerprint density at radius 1 is 1.30 bits per heavy atom. The number of anilines is 2. The Morgan fingerprint density at radius 3 is 2.65 bits per heavy atom. The van der Waals surface area contributed by atoms with E-state index in [9.17, 15) is 9.59 Å². The summed E-state index contributed by atoms with van der Waals surface area (Å²) in [5, 5.41) is 8.85. The van der Waals surface area contributed by atoms with E-state index < -0.39 is 0 Å². The van der Waals surface area contributed by atoms with E-state index in [0.717, 1.165) is 24.9 Å². The van der Waals surface area contributed by atoms with Crippen LogP contribution in [0.2, 0.25) is 0 Å². The van der Waals surface area contributed by atoms with E-state index in [4.69, 9.17) is 0 Å². The number of hydrogen-bond acceptors (Lipinski definition) is 3. The lowest BCUT2D eigenvalue weighted by atomic mass is 10.1. The number of nitrogens with one attached hydrogen (secondary N) is 3. The Balaban J connectivity index is 2.28. The van der Waals surface area contributed by atoms with Crippen LogP contribution in [0.5, 0.6) is 0 Å². The van der Waals surface area contributed by atoms with Gasteiger partial charge in [0.05, 0.1) is 16.9 Å². The Bertz CT molecular complexity index is 510. The first-order chi connectivity index (χ1) is 9.65. The van der Waals surface area contributed by atoms with Crippen molar-refractivity contribution in [1.29, 1.82) is 0 Å². The summed E-state index contributed by atoms with van der Waals surface area (Å²) in [6.07, 6.45) is 3.48. The maximum atomic E-state index is 11.9. The van der Waals surface area contributed by atoms with E-state index in [1.165, 1.54) is 0 Å². The molecule has 5 heteroatoms. The fraction of sp³-hybridized carbons (Fsp3) is 0.467. The van der Waals surface area contributed by atoms with Gasteiger partial charge >= 0.3 is 0 Å². The molecule has 1 aromatic rings. The number of para-hydroxylation sites is 1. The number of amides is 2. The number of carbonyl (C=O) groups excluding carboxylic acids is 2. The lowest BCUT2D eigenvalue weighted by molar-refractivity contribution is -0.116. The molecular formula is C15H21N3O2. The van der Waals surface area contributed by atoms with Gasteiger partial charge in [-0.05, 0) is 31.4 Å². The minimum atomic E-state index is -0.153. The topological polar surface area (TPSA) is 70.2 Å². The third kappa shape index (κ3) is 3.50.